The Balaban J connectivity index is 2.26. The normalized spacial score (nSPS) is 15.6. The highest BCUT2D eigenvalue weighted by atomic mass is 32.2. The second kappa shape index (κ2) is 4.49. The van der Waals surface area contributed by atoms with Gasteiger partial charge in [0.05, 0.1) is 11.0 Å². The lowest BCUT2D eigenvalue weighted by atomic mass is 10.3. The van der Waals surface area contributed by atoms with E-state index in [-0.39, 0.29) is 0 Å². The molecule has 0 spiro atoms. The van der Waals surface area contributed by atoms with E-state index in [9.17, 15) is 0 Å². The monoisotopic (exact) mass is 226 g/mol. The Hall–Kier alpha value is -0.280. The molecule has 0 bridgehead atoms. The van der Waals surface area contributed by atoms with Crippen molar-refractivity contribution in [1.29, 1.82) is 0 Å². The van der Waals surface area contributed by atoms with E-state index in [1.165, 1.54) is 22.6 Å². The third kappa shape index (κ3) is 2.20. The number of ether oxygens (including phenoxy) is 1. The van der Waals surface area contributed by atoms with Crippen LogP contribution in [0.3, 0.4) is 0 Å². The summed E-state index contributed by atoms with van der Waals surface area (Å²) in [6.45, 7) is 0. The van der Waals surface area contributed by atoms with Crippen LogP contribution in [0.15, 0.2) is 28.0 Å². The van der Waals surface area contributed by atoms with Gasteiger partial charge >= 0.3 is 0 Å². The summed E-state index contributed by atoms with van der Waals surface area (Å²) in [5.41, 5.74) is 0. The van der Waals surface area contributed by atoms with Gasteiger partial charge in [0, 0.05) is 4.90 Å². The number of benzene rings is 1. The summed E-state index contributed by atoms with van der Waals surface area (Å²) in [6, 6.07) is 6.30. The predicted molar refractivity (Wildman–Crippen MR) is 63.7 cm³/mol. The molecule has 0 aliphatic heterocycles. The van der Waals surface area contributed by atoms with E-state index >= 15 is 0 Å². The van der Waals surface area contributed by atoms with Crippen LogP contribution in [0.4, 0.5) is 0 Å². The average Bonchev–Trinajstić information content (AvgIpc) is 3.01. The zero-order valence-corrected chi connectivity index (χ0v) is 10.1. The van der Waals surface area contributed by atoms with Crippen molar-refractivity contribution in [1.82, 2.24) is 0 Å². The first kappa shape index (κ1) is 10.2. The van der Waals surface area contributed by atoms with E-state index in [0.29, 0.717) is 6.10 Å². The second-order valence-electron chi connectivity index (χ2n) is 3.31. The zero-order valence-electron chi connectivity index (χ0n) is 8.45. The van der Waals surface area contributed by atoms with Crippen LogP contribution in [-0.2, 0) is 0 Å². The van der Waals surface area contributed by atoms with Gasteiger partial charge in [-0.15, -0.1) is 23.5 Å². The third-order valence-electron chi connectivity index (χ3n) is 2.18. The Kier molecular flexibility index (Phi) is 3.29. The van der Waals surface area contributed by atoms with Crippen LogP contribution in [0, 0.1) is 0 Å². The first-order chi connectivity index (χ1) is 6.85. The number of hydrogen-bond acceptors (Lipinski definition) is 3. The Labute approximate surface area is 93.6 Å². The van der Waals surface area contributed by atoms with Gasteiger partial charge in [0.25, 0.3) is 0 Å². The van der Waals surface area contributed by atoms with Crippen LogP contribution in [0.5, 0.6) is 5.75 Å². The third-order valence-corrected chi connectivity index (χ3v) is 3.92. The molecule has 0 heterocycles. The fraction of sp³-hybridized carbons (Fsp3) is 0.455. The molecule has 1 aromatic rings. The molecule has 0 amide bonds. The molecule has 2 rings (SSSR count). The maximum absolute atomic E-state index is 5.86. The van der Waals surface area contributed by atoms with Gasteiger partial charge in [-0.05, 0) is 37.5 Å². The first-order valence-corrected chi connectivity index (χ1v) is 7.17. The van der Waals surface area contributed by atoms with E-state index in [1.54, 1.807) is 23.5 Å². The molecule has 1 aliphatic rings. The van der Waals surface area contributed by atoms with Crippen molar-refractivity contribution in [2.45, 2.75) is 28.7 Å². The molecule has 1 saturated carbocycles. The van der Waals surface area contributed by atoms with Gasteiger partial charge in [0.15, 0.2) is 0 Å². The summed E-state index contributed by atoms with van der Waals surface area (Å²) < 4.78 is 5.86. The molecular formula is C11H14OS2. The highest BCUT2D eigenvalue weighted by molar-refractivity contribution is 8.01. The molecule has 1 aromatic carbocycles. The van der Waals surface area contributed by atoms with Crippen molar-refractivity contribution in [3.05, 3.63) is 18.2 Å². The minimum atomic E-state index is 0.484. The Bertz CT molecular complexity index is 321. The molecule has 0 unspecified atom stereocenters. The summed E-state index contributed by atoms with van der Waals surface area (Å²) in [6.07, 6.45) is 7.14. The molecule has 0 atom stereocenters. The molecule has 3 heteroatoms. The van der Waals surface area contributed by atoms with Crippen LogP contribution >= 0.6 is 23.5 Å². The van der Waals surface area contributed by atoms with Gasteiger partial charge in [-0.3, -0.25) is 0 Å². The van der Waals surface area contributed by atoms with Crippen molar-refractivity contribution < 1.29 is 4.74 Å². The Morgan fingerprint density at radius 2 is 2.00 bits per heavy atom. The van der Waals surface area contributed by atoms with Gasteiger partial charge in [0.1, 0.15) is 5.75 Å². The van der Waals surface area contributed by atoms with E-state index in [0.717, 1.165) is 5.75 Å². The molecule has 1 aliphatic carbocycles. The quantitative estimate of drug-likeness (QED) is 0.725. The van der Waals surface area contributed by atoms with Crippen LogP contribution in [-0.4, -0.2) is 18.6 Å². The van der Waals surface area contributed by atoms with Gasteiger partial charge in [0.2, 0.25) is 0 Å². The number of rotatable bonds is 4. The van der Waals surface area contributed by atoms with Crippen molar-refractivity contribution in [3.8, 4) is 5.75 Å². The van der Waals surface area contributed by atoms with Crippen LogP contribution < -0.4 is 4.74 Å². The number of hydrogen-bond donors (Lipinski definition) is 0. The SMILES string of the molecule is CSc1cccc(OC2CC2)c1SC. The topological polar surface area (TPSA) is 9.23 Å². The van der Waals surface area contributed by atoms with Crippen LogP contribution in [0.2, 0.25) is 0 Å². The van der Waals surface area contributed by atoms with Gasteiger partial charge in [-0.2, -0.15) is 0 Å². The molecule has 0 radical (unpaired) electrons. The first-order valence-electron chi connectivity index (χ1n) is 4.73. The summed E-state index contributed by atoms with van der Waals surface area (Å²) in [7, 11) is 0. The smallest absolute Gasteiger partial charge is 0.134 e. The van der Waals surface area contributed by atoms with Crippen molar-refractivity contribution in [3.63, 3.8) is 0 Å². The fourth-order valence-electron chi connectivity index (χ4n) is 1.32. The summed E-state index contributed by atoms with van der Waals surface area (Å²) in [5, 5.41) is 0. The maximum atomic E-state index is 5.86. The Morgan fingerprint density at radius 3 is 2.57 bits per heavy atom. The molecule has 1 nitrogen and oxygen atoms in total. The average molecular weight is 226 g/mol. The second-order valence-corrected chi connectivity index (χ2v) is 4.97. The predicted octanol–water partition coefficient (Wildman–Crippen LogP) is 3.67. The van der Waals surface area contributed by atoms with Gasteiger partial charge in [-0.1, -0.05) is 6.07 Å². The Morgan fingerprint density at radius 1 is 1.21 bits per heavy atom. The molecule has 0 saturated heterocycles. The van der Waals surface area contributed by atoms with E-state index < -0.39 is 0 Å². The minimum Gasteiger partial charge on any atom is -0.489 e. The van der Waals surface area contributed by atoms with Crippen molar-refractivity contribution in [2.75, 3.05) is 12.5 Å². The standard InChI is InChI=1S/C11H14OS2/c1-13-10-5-3-4-9(11(10)14-2)12-8-6-7-8/h3-5,8H,6-7H2,1-2H3. The van der Waals surface area contributed by atoms with Gasteiger partial charge in [-0.25, -0.2) is 0 Å². The molecular weight excluding hydrogens is 212 g/mol. The summed E-state index contributed by atoms with van der Waals surface area (Å²) in [5.74, 6) is 1.06. The fourth-order valence-corrected chi connectivity index (χ4v) is 2.90. The van der Waals surface area contributed by atoms with Crippen LogP contribution in [0.1, 0.15) is 12.8 Å². The van der Waals surface area contributed by atoms with Crippen LogP contribution in [0.25, 0.3) is 0 Å². The van der Waals surface area contributed by atoms with Crippen molar-refractivity contribution >= 4 is 23.5 Å². The van der Waals surface area contributed by atoms with E-state index in [2.05, 4.69) is 30.7 Å². The molecule has 0 N–H and O–H groups in total. The molecule has 1 fully saturated rings. The lowest BCUT2D eigenvalue weighted by Gasteiger charge is -2.11. The highest BCUT2D eigenvalue weighted by Crippen LogP contribution is 2.38. The lowest BCUT2D eigenvalue weighted by Crippen LogP contribution is -1.97. The molecule has 76 valence electrons. The highest BCUT2D eigenvalue weighted by Gasteiger charge is 2.24. The largest absolute Gasteiger partial charge is 0.489 e. The summed E-state index contributed by atoms with van der Waals surface area (Å²) in [4.78, 5) is 2.60. The van der Waals surface area contributed by atoms with Crippen molar-refractivity contribution in [2.24, 2.45) is 0 Å². The van der Waals surface area contributed by atoms with E-state index in [4.69, 9.17) is 4.74 Å². The summed E-state index contributed by atoms with van der Waals surface area (Å²) >= 11 is 3.55. The number of thioether (sulfide) groups is 2. The van der Waals surface area contributed by atoms with E-state index in [1.807, 2.05) is 0 Å². The molecule has 14 heavy (non-hydrogen) atoms. The zero-order chi connectivity index (χ0) is 9.97. The molecule has 0 aromatic heterocycles. The minimum absolute atomic E-state index is 0.484. The van der Waals surface area contributed by atoms with Gasteiger partial charge < -0.3 is 4.74 Å². The maximum Gasteiger partial charge on any atom is 0.134 e. The lowest BCUT2D eigenvalue weighted by molar-refractivity contribution is 0.294.